The molecule has 0 spiro atoms. The molecule has 0 saturated heterocycles. The maximum atomic E-state index is 10.6. The second kappa shape index (κ2) is 4.19. The molecule has 3 N–H and O–H groups in total. The average Bonchev–Trinajstić information content (AvgIpc) is 2.70. The molecule has 7 nitrogen and oxygen atoms in total. The van der Waals surface area contributed by atoms with E-state index in [-0.39, 0.29) is 12.1 Å². The van der Waals surface area contributed by atoms with Crippen molar-refractivity contribution in [1.29, 1.82) is 5.26 Å². The summed E-state index contributed by atoms with van der Waals surface area (Å²) in [6.07, 6.45) is 4.88. The Hall–Kier alpha value is -2.46. The van der Waals surface area contributed by atoms with Crippen LogP contribution < -0.4 is 5.73 Å². The second-order valence-electron chi connectivity index (χ2n) is 3.56. The first kappa shape index (κ1) is 11.0. The van der Waals surface area contributed by atoms with E-state index in [1.807, 2.05) is 6.07 Å². The minimum atomic E-state index is -1.06. The Bertz CT molecular complexity index is 613. The number of hydrogen-bond acceptors (Lipinski definition) is 5. The van der Waals surface area contributed by atoms with E-state index in [9.17, 15) is 4.79 Å². The van der Waals surface area contributed by atoms with E-state index < -0.39 is 12.0 Å². The quantitative estimate of drug-likeness (QED) is 0.739. The highest BCUT2D eigenvalue weighted by Gasteiger charge is 2.13. The summed E-state index contributed by atoms with van der Waals surface area (Å²) in [7, 11) is 0. The van der Waals surface area contributed by atoms with Crippen molar-refractivity contribution >= 4 is 11.7 Å². The van der Waals surface area contributed by atoms with Crippen LogP contribution in [-0.2, 0) is 11.2 Å². The van der Waals surface area contributed by atoms with Crippen molar-refractivity contribution in [3.05, 3.63) is 29.8 Å². The summed E-state index contributed by atoms with van der Waals surface area (Å²) >= 11 is 0. The lowest BCUT2D eigenvalue weighted by Gasteiger charge is -2.05. The number of nitrogens with two attached hydrogens (primary N) is 1. The number of aromatic nitrogens is 3. The molecule has 0 bridgehead atoms. The fraction of sp³-hybridized carbons (Fsp3) is 0.200. The van der Waals surface area contributed by atoms with E-state index in [1.165, 1.54) is 12.4 Å². The van der Waals surface area contributed by atoms with Crippen LogP contribution in [-0.4, -0.2) is 31.5 Å². The van der Waals surface area contributed by atoms with E-state index in [0.717, 1.165) is 0 Å². The molecular formula is C10H9N5O2. The number of aliphatic carboxylic acids is 1. The zero-order chi connectivity index (χ0) is 12.4. The Labute approximate surface area is 96.1 Å². The van der Waals surface area contributed by atoms with Crippen molar-refractivity contribution in [1.82, 2.24) is 14.4 Å². The van der Waals surface area contributed by atoms with Crippen molar-refractivity contribution in [2.45, 2.75) is 12.5 Å². The first-order valence-electron chi connectivity index (χ1n) is 4.82. The molecule has 0 fully saturated rings. The minimum absolute atomic E-state index is 0.179. The van der Waals surface area contributed by atoms with Gasteiger partial charge in [-0.1, -0.05) is 0 Å². The van der Waals surface area contributed by atoms with E-state index >= 15 is 0 Å². The molecule has 7 heteroatoms. The van der Waals surface area contributed by atoms with Crippen LogP contribution in [0.25, 0.3) is 5.78 Å². The van der Waals surface area contributed by atoms with Gasteiger partial charge >= 0.3 is 5.97 Å². The molecule has 2 aromatic rings. The van der Waals surface area contributed by atoms with Gasteiger partial charge in [0.15, 0.2) is 5.69 Å². The number of carboxylic acid groups (broad SMARTS) is 1. The predicted molar refractivity (Wildman–Crippen MR) is 57.0 cm³/mol. The Morgan fingerprint density at radius 1 is 1.65 bits per heavy atom. The molecule has 1 atom stereocenters. The Morgan fingerprint density at radius 2 is 2.41 bits per heavy atom. The summed E-state index contributed by atoms with van der Waals surface area (Å²) in [5.41, 5.74) is 6.36. The Balaban J connectivity index is 2.31. The smallest absolute Gasteiger partial charge is 0.320 e. The summed E-state index contributed by atoms with van der Waals surface area (Å²) in [4.78, 5) is 18.6. The molecular weight excluding hydrogens is 222 g/mol. The van der Waals surface area contributed by atoms with Gasteiger partial charge in [-0.3, -0.25) is 9.20 Å². The third-order valence-corrected chi connectivity index (χ3v) is 2.25. The number of imidazole rings is 1. The van der Waals surface area contributed by atoms with Gasteiger partial charge in [0.1, 0.15) is 12.1 Å². The highest BCUT2D eigenvalue weighted by Crippen LogP contribution is 2.06. The molecule has 0 aliphatic rings. The Kier molecular flexibility index (Phi) is 2.72. The standard InChI is InChI=1S/C10H9N5O2/c11-2-7-5-15-4-6(1-8(12)9(16)17)3-13-10(15)14-7/h3-5,8H,1,12H2,(H,16,17)/t8-/m0/s1. The predicted octanol–water partition coefficient (Wildman–Crippen LogP) is -0.445. The number of hydrogen-bond donors (Lipinski definition) is 2. The van der Waals surface area contributed by atoms with Gasteiger partial charge in [0.2, 0.25) is 5.78 Å². The van der Waals surface area contributed by atoms with E-state index in [2.05, 4.69) is 9.97 Å². The van der Waals surface area contributed by atoms with Crippen molar-refractivity contribution in [2.24, 2.45) is 5.73 Å². The van der Waals surface area contributed by atoms with Gasteiger partial charge in [0.25, 0.3) is 0 Å². The van der Waals surface area contributed by atoms with Crippen LogP contribution in [0.5, 0.6) is 0 Å². The molecule has 0 aromatic carbocycles. The monoisotopic (exact) mass is 231 g/mol. The minimum Gasteiger partial charge on any atom is -0.480 e. The number of fused-ring (bicyclic) bond motifs is 1. The molecule has 2 aromatic heterocycles. The molecule has 0 radical (unpaired) electrons. The van der Waals surface area contributed by atoms with Crippen molar-refractivity contribution < 1.29 is 9.90 Å². The van der Waals surface area contributed by atoms with Gasteiger partial charge in [0, 0.05) is 25.0 Å². The zero-order valence-corrected chi connectivity index (χ0v) is 8.74. The lowest BCUT2D eigenvalue weighted by molar-refractivity contribution is -0.138. The summed E-state index contributed by atoms with van der Waals surface area (Å²) in [5, 5.41) is 17.4. The molecule has 2 heterocycles. The first-order valence-corrected chi connectivity index (χ1v) is 4.82. The number of nitriles is 1. The van der Waals surface area contributed by atoms with Gasteiger partial charge < -0.3 is 10.8 Å². The van der Waals surface area contributed by atoms with E-state index in [4.69, 9.17) is 16.1 Å². The molecule has 0 aliphatic heterocycles. The molecule has 0 saturated carbocycles. The van der Waals surface area contributed by atoms with Crippen molar-refractivity contribution in [3.63, 3.8) is 0 Å². The molecule has 0 amide bonds. The van der Waals surface area contributed by atoms with Crippen LogP contribution in [0.1, 0.15) is 11.3 Å². The normalized spacial score (nSPS) is 12.2. The maximum Gasteiger partial charge on any atom is 0.320 e. The summed E-state index contributed by atoms with van der Waals surface area (Å²) in [6, 6.07) is 0.939. The molecule has 86 valence electrons. The highest BCUT2D eigenvalue weighted by molar-refractivity contribution is 5.73. The van der Waals surface area contributed by atoms with Crippen LogP contribution in [0.15, 0.2) is 18.6 Å². The van der Waals surface area contributed by atoms with Gasteiger partial charge in [-0.25, -0.2) is 4.98 Å². The summed E-state index contributed by atoms with van der Waals surface area (Å²) in [6.45, 7) is 0. The van der Waals surface area contributed by atoms with Gasteiger partial charge in [0.05, 0.1) is 0 Å². The summed E-state index contributed by atoms with van der Waals surface area (Å²) < 4.78 is 1.57. The molecule has 17 heavy (non-hydrogen) atoms. The lowest BCUT2D eigenvalue weighted by atomic mass is 10.1. The van der Waals surface area contributed by atoms with Crippen molar-refractivity contribution in [2.75, 3.05) is 0 Å². The Morgan fingerprint density at radius 3 is 3.06 bits per heavy atom. The topological polar surface area (TPSA) is 117 Å². The maximum absolute atomic E-state index is 10.6. The van der Waals surface area contributed by atoms with Crippen LogP contribution in [0.4, 0.5) is 0 Å². The van der Waals surface area contributed by atoms with Gasteiger partial charge in [-0.05, 0) is 5.56 Å². The third-order valence-electron chi connectivity index (χ3n) is 2.25. The van der Waals surface area contributed by atoms with Crippen LogP contribution in [0.3, 0.4) is 0 Å². The second-order valence-corrected chi connectivity index (χ2v) is 3.56. The number of nitrogens with zero attached hydrogens (tertiary/aromatic N) is 4. The average molecular weight is 231 g/mol. The number of carbonyl (C=O) groups is 1. The number of rotatable bonds is 3. The van der Waals surface area contributed by atoms with E-state index in [1.54, 1.807) is 10.6 Å². The third kappa shape index (κ3) is 2.21. The van der Waals surface area contributed by atoms with Crippen LogP contribution in [0, 0.1) is 11.3 Å². The van der Waals surface area contributed by atoms with E-state index in [0.29, 0.717) is 11.3 Å². The highest BCUT2D eigenvalue weighted by atomic mass is 16.4. The fourth-order valence-electron chi connectivity index (χ4n) is 1.43. The molecule has 0 unspecified atom stereocenters. The lowest BCUT2D eigenvalue weighted by Crippen LogP contribution is -2.32. The largest absolute Gasteiger partial charge is 0.480 e. The molecule has 0 aliphatic carbocycles. The van der Waals surface area contributed by atoms with Gasteiger partial charge in [-0.2, -0.15) is 10.2 Å². The fourth-order valence-corrected chi connectivity index (χ4v) is 1.43. The van der Waals surface area contributed by atoms with Crippen LogP contribution in [0.2, 0.25) is 0 Å². The zero-order valence-electron chi connectivity index (χ0n) is 8.74. The van der Waals surface area contributed by atoms with Crippen molar-refractivity contribution in [3.8, 4) is 6.07 Å². The first-order chi connectivity index (χ1) is 8.10. The SMILES string of the molecule is N#Cc1cn2cc(C[C@H](N)C(=O)O)cnc2n1. The number of carboxylic acids is 1. The molecule has 2 rings (SSSR count). The van der Waals surface area contributed by atoms with Crippen LogP contribution >= 0.6 is 0 Å². The summed E-state index contributed by atoms with van der Waals surface area (Å²) in [5.74, 6) is -0.664. The van der Waals surface area contributed by atoms with Gasteiger partial charge in [-0.15, -0.1) is 0 Å².